The SMILES string of the molecule is Cc1nn([C@H](C)[C@@H](C)O)cc1Br. The number of hydrogen-bond donors (Lipinski definition) is 1. The Labute approximate surface area is 80.5 Å². The van der Waals surface area contributed by atoms with Crippen molar-refractivity contribution in [1.82, 2.24) is 9.78 Å². The quantitative estimate of drug-likeness (QED) is 0.847. The van der Waals surface area contributed by atoms with Crippen molar-refractivity contribution in [3.05, 3.63) is 16.4 Å². The van der Waals surface area contributed by atoms with E-state index in [1.807, 2.05) is 20.0 Å². The number of hydrogen-bond acceptors (Lipinski definition) is 2. The van der Waals surface area contributed by atoms with Gasteiger partial charge in [0, 0.05) is 6.20 Å². The standard InChI is InChI=1S/C8H13BrN2O/c1-5-8(9)4-11(10-5)6(2)7(3)12/h4,6-7,12H,1-3H3/t6-,7-/m1/s1. The summed E-state index contributed by atoms with van der Waals surface area (Å²) in [7, 11) is 0. The van der Waals surface area contributed by atoms with Gasteiger partial charge in [-0.3, -0.25) is 4.68 Å². The Morgan fingerprint density at radius 3 is 2.50 bits per heavy atom. The van der Waals surface area contributed by atoms with Gasteiger partial charge in [-0.25, -0.2) is 0 Å². The van der Waals surface area contributed by atoms with Gasteiger partial charge in [0.2, 0.25) is 0 Å². The second-order valence-electron chi connectivity index (χ2n) is 3.02. The highest BCUT2D eigenvalue weighted by Crippen LogP contribution is 2.18. The minimum atomic E-state index is -0.379. The lowest BCUT2D eigenvalue weighted by Gasteiger charge is -2.14. The monoisotopic (exact) mass is 232 g/mol. The summed E-state index contributed by atoms with van der Waals surface area (Å²) in [6, 6.07) is 0.0231. The van der Waals surface area contributed by atoms with Crippen LogP contribution in [0.25, 0.3) is 0 Å². The van der Waals surface area contributed by atoms with Crippen LogP contribution in [-0.4, -0.2) is 21.0 Å². The molecule has 0 aliphatic rings. The van der Waals surface area contributed by atoms with Crippen LogP contribution < -0.4 is 0 Å². The summed E-state index contributed by atoms with van der Waals surface area (Å²) < 4.78 is 2.75. The maximum absolute atomic E-state index is 9.30. The molecule has 1 heterocycles. The van der Waals surface area contributed by atoms with Gasteiger partial charge < -0.3 is 5.11 Å². The first-order valence-corrected chi connectivity index (χ1v) is 4.71. The fraction of sp³-hybridized carbons (Fsp3) is 0.625. The first-order valence-electron chi connectivity index (χ1n) is 3.91. The fourth-order valence-corrected chi connectivity index (χ4v) is 1.18. The summed E-state index contributed by atoms with van der Waals surface area (Å²) in [5.74, 6) is 0. The molecular formula is C8H13BrN2O. The van der Waals surface area contributed by atoms with Crippen LogP contribution in [0, 0.1) is 6.92 Å². The molecule has 4 heteroatoms. The van der Waals surface area contributed by atoms with Gasteiger partial charge in [0.1, 0.15) is 0 Å². The van der Waals surface area contributed by atoms with Crippen LogP contribution in [0.4, 0.5) is 0 Å². The molecule has 1 rings (SSSR count). The van der Waals surface area contributed by atoms with Crippen molar-refractivity contribution < 1.29 is 5.11 Å². The van der Waals surface area contributed by atoms with Gasteiger partial charge >= 0.3 is 0 Å². The molecule has 0 aromatic carbocycles. The Morgan fingerprint density at radius 1 is 1.58 bits per heavy atom. The van der Waals surface area contributed by atoms with E-state index in [4.69, 9.17) is 0 Å². The van der Waals surface area contributed by atoms with Crippen LogP contribution in [0.1, 0.15) is 25.6 Å². The lowest BCUT2D eigenvalue weighted by atomic mass is 10.2. The number of aryl methyl sites for hydroxylation is 1. The van der Waals surface area contributed by atoms with Crippen molar-refractivity contribution in [2.24, 2.45) is 0 Å². The highest BCUT2D eigenvalue weighted by molar-refractivity contribution is 9.10. The Bertz CT molecular complexity index is 251. The third kappa shape index (κ3) is 1.87. The molecule has 0 aliphatic heterocycles. The molecule has 1 aromatic rings. The van der Waals surface area contributed by atoms with Gasteiger partial charge in [0.25, 0.3) is 0 Å². The summed E-state index contributed by atoms with van der Waals surface area (Å²) in [5.41, 5.74) is 0.947. The van der Waals surface area contributed by atoms with Crippen molar-refractivity contribution >= 4 is 15.9 Å². The van der Waals surface area contributed by atoms with E-state index in [-0.39, 0.29) is 12.1 Å². The molecule has 1 N–H and O–H groups in total. The van der Waals surface area contributed by atoms with Crippen LogP contribution in [0.2, 0.25) is 0 Å². The Morgan fingerprint density at radius 2 is 2.17 bits per heavy atom. The van der Waals surface area contributed by atoms with E-state index in [0.717, 1.165) is 10.2 Å². The number of aliphatic hydroxyl groups excluding tert-OH is 1. The van der Waals surface area contributed by atoms with Gasteiger partial charge in [-0.1, -0.05) is 0 Å². The molecule has 0 bridgehead atoms. The molecule has 12 heavy (non-hydrogen) atoms. The van der Waals surface area contributed by atoms with Crippen LogP contribution in [0.15, 0.2) is 10.7 Å². The lowest BCUT2D eigenvalue weighted by Crippen LogP contribution is -2.18. The number of aromatic nitrogens is 2. The van der Waals surface area contributed by atoms with Gasteiger partial charge in [-0.15, -0.1) is 0 Å². The van der Waals surface area contributed by atoms with E-state index < -0.39 is 0 Å². The molecule has 0 saturated heterocycles. The summed E-state index contributed by atoms with van der Waals surface area (Å²) in [6.45, 7) is 5.62. The summed E-state index contributed by atoms with van der Waals surface area (Å²) in [6.07, 6.45) is 1.50. The van der Waals surface area contributed by atoms with Crippen LogP contribution in [-0.2, 0) is 0 Å². The minimum Gasteiger partial charge on any atom is -0.391 e. The molecule has 0 saturated carbocycles. The van der Waals surface area contributed by atoms with Gasteiger partial charge in [-0.2, -0.15) is 5.10 Å². The summed E-state index contributed by atoms with van der Waals surface area (Å²) in [4.78, 5) is 0. The highest BCUT2D eigenvalue weighted by Gasteiger charge is 2.12. The first kappa shape index (κ1) is 9.74. The Kier molecular flexibility index (Phi) is 2.90. The van der Waals surface area contributed by atoms with E-state index in [0.29, 0.717) is 0 Å². The topological polar surface area (TPSA) is 38.0 Å². The van der Waals surface area contributed by atoms with Crippen LogP contribution in [0.5, 0.6) is 0 Å². The van der Waals surface area contributed by atoms with E-state index in [1.54, 1.807) is 11.6 Å². The molecule has 3 nitrogen and oxygen atoms in total. The summed E-state index contributed by atoms with van der Waals surface area (Å²) >= 11 is 3.37. The number of rotatable bonds is 2. The zero-order valence-corrected chi connectivity index (χ0v) is 9.04. The largest absolute Gasteiger partial charge is 0.391 e. The van der Waals surface area contributed by atoms with Gasteiger partial charge in [0.05, 0.1) is 22.3 Å². The van der Waals surface area contributed by atoms with E-state index in [1.165, 1.54) is 0 Å². The van der Waals surface area contributed by atoms with Gasteiger partial charge in [-0.05, 0) is 36.7 Å². The minimum absolute atomic E-state index is 0.0231. The van der Waals surface area contributed by atoms with Crippen molar-refractivity contribution in [3.8, 4) is 0 Å². The van der Waals surface area contributed by atoms with Crippen molar-refractivity contribution in [1.29, 1.82) is 0 Å². The average Bonchev–Trinajstić information content (AvgIpc) is 2.30. The van der Waals surface area contributed by atoms with E-state index >= 15 is 0 Å². The van der Waals surface area contributed by atoms with Crippen molar-refractivity contribution in [3.63, 3.8) is 0 Å². The molecule has 2 atom stereocenters. The molecule has 0 amide bonds. The number of halogens is 1. The Balaban J connectivity index is 2.89. The predicted molar refractivity (Wildman–Crippen MR) is 51.1 cm³/mol. The molecular weight excluding hydrogens is 220 g/mol. The zero-order chi connectivity index (χ0) is 9.30. The van der Waals surface area contributed by atoms with Crippen LogP contribution >= 0.6 is 15.9 Å². The smallest absolute Gasteiger partial charge is 0.0747 e. The highest BCUT2D eigenvalue weighted by atomic mass is 79.9. The van der Waals surface area contributed by atoms with Crippen molar-refractivity contribution in [2.45, 2.75) is 32.9 Å². The normalized spacial score (nSPS) is 16.1. The Hall–Kier alpha value is -0.350. The molecule has 1 aromatic heterocycles. The third-order valence-corrected chi connectivity index (χ3v) is 2.75. The van der Waals surface area contributed by atoms with Crippen LogP contribution in [0.3, 0.4) is 0 Å². The first-order chi connectivity index (χ1) is 5.52. The average molecular weight is 233 g/mol. The fourth-order valence-electron chi connectivity index (χ4n) is 0.889. The second kappa shape index (κ2) is 3.58. The van der Waals surface area contributed by atoms with Gasteiger partial charge in [0.15, 0.2) is 0 Å². The lowest BCUT2D eigenvalue weighted by molar-refractivity contribution is 0.132. The van der Waals surface area contributed by atoms with E-state index in [9.17, 15) is 5.11 Å². The predicted octanol–water partition coefficient (Wildman–Crippen LogP) is 1.90. The molecule has 68 valence electrons. The molecule has 0 aliphatic carbocycles. The molecule has 0 unspecified atom stereocenters. The number of nitrogens with zero attached hydrogens (tertiary/aromatic N) is 2. The molecule has 0 spiro atoms. The van der Waals surface area contributed by atoms with E-state index in [2.05, 4.69) is 21.0 Å². The van der Waals surface area contributed by atoms with Crippen molar-refractivity contribution in [2.75, 3.05) is 0 Å². The summed E-state index contributed by atoms with van der Waals surface area (Å²) in [5, 5.41) is 13.5. The molecule has 0 fully saturated rings. The molecule has 0 radical (unpaired) electrons. The zero-order valence-electron chi connectivity index (χ0n) is 7.45. The second-order valence-corrected chi connectivity index (χ2v) is 3.88. The third-order valence-electron chi connectivity index (χ3n) is 1.97. The maximum Gasteiger partial charge on any atom is 0.0747 e. The maximum atomic E-state index is 9.30. The number of aliphatic hydroxyl groups is 1.